The molecule has 0 radical (unpaired) electrons. The molecule has 0 spiro atoms. The Balaban J connectivity index is 2.73. The molecular formula is C25H32ClFN2O6S. The van der Waals surface area contributed by atoms with E-state index in [1.54, 1.807) is 40.7 Å². The first-order valence-corrected chi connectivity index (χ1v) is 13.0. The second-order valence-corrected chi connectivity index (χ2v) is 11.5. The SMILES string of the molecule is CNc1cc(Cl)cc(C(=O)OC)c1S(=O)(=O)N[C@H](C(=O)OC(C)(C)C)C(C)c1c(F)ccc(C)c1C. The standard InChI is InChI=1S/C25H32ClFN2O6S/c1-13-9-10-18(27)20(14(13)2)15(3)21(24(31)35-25(4,5)6)29-36(32,33)22-17(23(30)34-8)11-16(26)12-19(22)28-7/h9-12,15,21,28-29H,1-8H3/t15?,21-/m0/s1. The maximum atomic E-state index is 15.0. The minimum absolute atomic E-state index is 0.00362. The van der Waals surface area contributed by atoms with Crippen LogP contribution in [-0.4, -0.2) is 46.2 Å². The highest BCUT2D eigenvalue weighted by Crippen LogP contribution is 2.33. The highest BCUT2D eigenvalue weighted by atomic mass is 35.5. The second-order valence-electron chi connectivity index (χ2n) is 9.40. The Morgan fingerprint density at radius 3 is 2.28 bits per heavy atom. The van der Waals surface area contributed by atoms with E-state index in [9.17, 15) is 22.4 Å². The van der Waals surface area contributed by atoms with Gasteiger partial charge in [-0.25, -0.2) is 17.6 Å². The zero-order valence-corrected chi connectivity index (χ0v) is 23.2. The molecule has 0 amide bonds. The molecule has 8 nitrogen and oxygen atoms in total. The minimum atomic E-state index is -4.59. The number of halogens is 2. The van der Waals surface area contributed by atoms with Gasteiger partial charge in [-0.1, -0.05) is 24.6 Å². The van der Waals surface area contributed by atoms with Crippen LogP contribution in [0, 0.1) is 19.7 Å². The Morgan fingerprint density at radius 2 is 1.75 bits per heavy atom. The number of hydrogen-bond donors (Lipinski definition) is 2. The van der Waals surface area contributed by atoms with E-state index in [0.717, 1.165) is 18.7 Å². The first-order valence-electron chi connectivity index (χ1n) is 11.1. The molecule has 2 aromatic rings. The molecule has 0 saturated heterocycles. The largest absolute Gasteiger partial charge is 0.465 e. The molecular weight excluding hydrogens is 511 g/mol. The normalized spacial score (nSPS) is 13.6. The molecule has 0 aliphatic heterocycles. The number of anilines is 1. The number of benzene rings is 2. The van der Waals surface area contributed by atoms with Crippen molar-refractivity contribution < 1.29 is 31.9 Å². The highest BCUT2D eigenvalue weighted by Gasteiger charge is 2.38. The zero-order valence-electron chi connectivity index (χ0n) is 21.6. The van der Waals surface area contributed by atoms with Gasteiger partial charge in [0.05, 0.1) is 18.4 Å². The summed E-state index contributed by atoms with van der Waals surface area (Å²) >= 11 is 6.08. The van der Waals surface area contributed by atoms with Gasteiger partial charge in [-0.15, -0.1) is 0 Å². The van der Waals surface area contributed by atoms with Crippen molar-refractivity contribution in [3.63, 3.8) is 0 Å². The summed E-state index contributed by atoms with van der Waals surface area (Å²) in [6.45, 7) is 9.91. The van der Waals surface area contributed by atoms with Gasteiger partial charge in [0, 0.05) is 18.0 Å². The van der Waals surface area contributed by atoms with E-state index in [4.69, 9.17) is 21.1 Å². The first-order chi connectivity index (χ1) is 16.5. The van der Waals surface area contributed by atoms with Crippen molar-refractivity contribution in [1.29, 1.82) is 0 Å². The smallest absolute Gasteiger partial charge is 0.339 e. The summed E-state index contributed by atoms with van der Waals surface area (Å²) in [6.07, 6.45) is 0. The molecule has 198 valence electrons. The van der Waals surface area contributed by atoms with Crippen LogP contribution in [0.3, 0.4) is 0 Å². The monoisotopic (exact) mass is 542 g/mol. The molecule has 0 fully saturated rings. The Morgan fingerprint density at radius 1 is 1.14 bits per heavy atom. The number of ether oxygens (including phenoxy) is 2. The molecule has 0 saturated carbocycles. The van der Waals surface area contributed by atoms with E-state index < -0.39 is 50.2 Å². The molecule has 11 heteroatoms. The number of sulfonamides is 1. The lowest BCUT2D eigenvalue weighted by Gasteiger charge is -2.29. The topological polar surface area (TPSA) is 111 Å². The fourth-order valence-electron chi connectivity index (χ4n) is 3.81. The van der Waals surface area contributed by atoms with Crippen LogP contribution in [-0.2, 0) is 24.3 Å². The van der Waals surface area contributed by atoms with Crippen molar-refractivity contribution in [1.82, 2.24) is 4.72 Å². The average molecular weight is 543 g/mol. The van der Waals surface area contributed by atoms with Crippen LogP contribution in [0.5, 0.6) is 0 Å². The number of methoxy groups -OCH3 is 1. The lowest BCUT2D eigenvalue weighted by molar-refractivity contribution is -0.157. The Labute approximate surface area is 216 Å². The number of nitrogens with one attached hydrogen (secondary N) is 2. The maximum Gasteiger partial charge on any atom is 0.339 e. The summed E-state index contributed by atoms with van der Waals surface area (Å²) in [5.74, 6) is -3.41. The van der Waals surface area contributed by atoms with Gasteiger partial charge in [0.25, 0.3) is 0 Å². The van der Waals surface area contributed by atoms with Crippen LogP contribution < -0.4 is 10.0 Å². The van der Waals surface area contributed by atoms with Gasteiger partial charge < -0.3 is 14.8 Å². The average Bonchev–Trinajstić information content (AvgIpc) is 2.77. The van der Waals surface area contributed by atoms with Crippen molar-refractivity contribution in [3.05, 3.63) is 57.4 Å². The minimum Gasteiger partial charge on any atom is -0.465 e. The number of aryl methyl sites for hydroxylation is 1. The van der Waals surface area contributed by atoms with E-state index in [1.807, 2.05) is 0 Å². The molecule has 0 aliphatic carbocycles. The van der Waals surface area contributed by atoms with Crippen LogP contribution >= 0.6 is 11.6 Å². The van der Waals surface area contributed by atoms with Crippen molar-refractivity contribution in [3.8, 4) is 0 Å². The third-order valence-electron chi connectivity index (χ3n) is 5.63. The highest BCUT2D eigenvalue weighted by molar-refractivity contribution is 7.89. The number of carbonyl (C=O) groups is 2. The molecule has 2 atom stereocenters. The van der Waals surface area contributed by atoms with Crippen molar-refractivity contribution in [2.45, 2.75) is 64.0 Å². The number of hydrogen-bond acceptors (Lipinski definition) is 7. The second kappa shape index (κ2) is 11.1. The van der Waals surface area contributed by atoms with Crippen molar-refractivity contribution in [2.24, 2.45) is 0 Å². The van der Waals surface area contributed by atoms with Crippen LogP contribution in [0.1, 0.15) is 60.7 Å². The quantitative estimate of drug-likeness (QED) is 0.464. The van der Waals surface area contributed by atoms with Crippen LogP contribution in [0.15, 0.2) is 29.2 Å². The van der Waals surface area contributed by atoms with Gasteiger partial charge >= 0.3 is 11.9 Å². The number of rotatable bonds is 8. The Hall–Kier alpha value is -2.69. The van der Waals surface area contributed by atoms with E-state index in [-0.39, 0.29) is 21.8 Å². The third kappa shape index (κ3) is 6.54. The molecule has 2 N–H and O–H groups in total. The van der Waals surface area contributed by atoms with E-state index >= 15 is 0 Å². The summed E-state index contributed by atoms with van der Waals surface area (Å²) < 4.78 is 55.0. The summed E-state index contributed by atoms with van der Waals surface area (Å²) in [5, 5.41) is 2.79. The van der Waals surface area contributed by atoms with Gasteiger partial charge in [0.15, 0.2) is 0 Å². The number of carbonyl (C=O) groups excluding carboxylic acids is 2. The maximum absolute atomic E-state index is 15.0. The van der Waals surface area contributed by atoms with Gasteiger partial charge in [-0.2, -0.15) is 4.72 Å². The predicted octanol–water partition coefficient (Wildman–Crippen LogP) is 4.72. The van der Waals surface area contributed by atoms with Gasteiger partial charge in [-0.3, -0.25) is 4.79 Å². The Bertz CT molecular complexity index is 1270. The zero-order chi connectivity index (χ0) is 27.6. The molecule has 2 aromatic carbocycles. The van der Waals surface area contributed by atoms with Crippen molar-refractivity contribution >= 4 is 39.3 Å². The van der Waals surface area contributed by atoms with Gasteiger partial charge in [0.1, 0.15) is 22.4 Å². The third-order valence-corrected chi connectivity index (χ3v) is 7.39. The Kier molecular flexibility index (Phi) is 9.15. The van der Waals surface area contributed by atoms with Crippen molar-refractivity contribution in [2.75, 3.05) is 19.5 Å². The first kappa shape index (κ1) is 29.5. The van der Waals surface area contributed by atoms with Crippen LogP contribution in [0.25, 0.3) is 0 Å². The van der Waals surface area contributed by atoms with Crippen LogP contribution in [0.4, 0.5) is 10.1 Å². The summed E-state index contributed by atoms with van der Waals surface area (Å²) in [6, 6.07) is 3.80. The molecule has 0 aliphatic rings. The summed E-state index contributed by atoms with van der Waals surface area (Å²) in [4.78, 5) is 25.3. The van der Waals surface area contributed by atoms with E-state index in [1.165, 1.54) is 26.1 Å². The molecule has 2 rings (SSSR count). The van der Waals surface area contributed by atoms with E-state index in [2.05, 4.69) is 10.0 Å². The molecule has 0 bridgehead atoms. The predicted molar refractivity (Wildman–Crippen MR) is 137 cm³/mol. The number of esters is 2. The fourth-order valence-corrected chi connectivity index (χ4v) is 5.66. The lowest BCUT2D eigenvalue weighted by atomic mass is 9.88. The van der Waals surface area contributed by atoms with E-state index in [0.29, 0.717) is 5.56 Å². The lowest BCUT2D eigenvalue weighted by Crippen LogP contribution is -2.47. The molecule has 0 heterocycles. The van der Waals surface area contributed by atoms with Crippen LogP contribution in [0.2, 0.25) is 5.02 Å². The molecule has 1 unspecified atom stereocenters. The summed E-state index contributed by atoms with van der Waals surface area (Å²) in [7, 11) is -2.04. The summed E-state index contributed by atoms with van der Waals surface area (Å²) in [5.41, 5.74) is 0.236. The molecule has 36 heavy (non-hydrogen) atoms. The molecule has 0 aromatic heterocycles. The van der Waals surface area contributed by atoms with Gasteiger partial charge in [0.2, 0.25) is 10.0 Å². The fraction of sp³-hybridized carbons (Fsp3) is 0.440. The van der Waals surface area contributed by atoms with Gasteiger partial charge in [-0.05, 0) is 69.5 Å².